The highest BCUT2D eigenvalue weighted by Crippen LogP contribution is 2.30. The van der Waals surface area contributed by atoms with Gasteiger partial charge in [0.15, 0.2) is 11.6 Å². The van der Waals surface area contributed by atoms with E-state index in [-0.39, 0.29) is 23.1 Å². The maximum atomic E-state index is 12.7. The normalized spacial score (nSPS) is 19.4. The summed E-state index contributed by atoms with van der Waals surface area (Å²) in [6, 6.07) is 0. The molecular weight excluding hydrogens is 346 g/mol. The summed E-state index contributed by atoms with van der Waals surface area (Å²) < 4.78 is 11.2. The van der Waals surface area contributed by atoms with Crippen LogP contribution in [0, 0.1) is 12.3 Å². The van der Waals surface area contributed by atoms with E-state index >= 15 is 0 Å². The van der Waals surface area contributed by atoms with E-state index in [9.17, 15) is 9.59 Å². The van der Waals surface area contributed by atoms with Gasteiger partial charge in [-0.25, -0.2) is 4.98 Å². The fourth-order valence-corrected chi connectivity index (χ4v) is 3.65. The molecule has 3 rings (SSSR count). The minimum absolute atomic E-state index is 0.00235. The van der Waals surface area contributed by atoms with Crippen molar-refractivity contribution in [2.24, 2.45) is 5.41 Å². The monoisotopic (exact) mass is 377 g/mol. The lowest BCUT2D eigenvalue weighted by molar-refractivity contribution is -0.134. The number of carbonyl (C=O) groups excluding carboxylic acids is 2. The van der Waals surface area contributed by atoms with Crippen molar-refractivity contribution in [2.75, 3.05) is 39.4 Å². The van der Waals surface area contributed by atoms with Gasteiger partial charge in [0, 0.05) is 38.5 Å². The van der Waals surface area contributed by atoms with E-state index in [1.54, 1.807) is 11.8 Å². The molecule has 0 saturated carbocycles. The molecule has 3 heterocycles. The number of rotatable bonds is 3. The van der Waals surface area contributed by atoms with Crippen LogP contribution in [0.2, 0.25) is 0 Å². The number of oxazole rings is 1. The molecule has 0 aromatic carbocycles. The number of nitrogens with zero attached hydrogens (tertiary/aromatic N) is 3. The first-order chi connectivity index (χ1) is 12.7. The van der Waals surface area contributed by atoms with Crippen LogP contribution in [-0.4, -0.2) is 66.0 Å². The number of piperidine rings is 1. The molecule has 1 aromatic heterocycles. The van der Waals surface area contributed by atoms with E-state index < -0.39 is 0 Å². The van der Waals surface area contributed by atoms with Gasteiger partial charge in [0.05, 0.1) is 13.2 Å². The van der Waals surface area contributed by atoms with Crippen LogP contribution in [0.25, 0.3) is 0 Å². The highest BCUT2D eigenvalue weighted by atomic mass is 16.5. The van der Waals surface area contributed by atoms with Crippen LogP contribution in [0.4, 0.5) is 0 Å². The summed E-state index contributed by atoms with van der Waals surface area (Å²) >= 11 is 0. The predicted octanol–water partition coefficient (Wildman–Crippen LogP) is 2.60. The average Bonchev–Trinajstić information content (AvgIpc) is 3.02. The number of hydrogen-bond acceptors (Lipinski definition) is 5. The van der Waals surface area contributed by atoms with Crippen LogP contribution < -0.4 is 0 Å². The van der Waals surface area contributed by atoms with Gasteiger partial charge in [-0.3, -0.25) is 9.59 Å². The van der Waals surface area contributed by atoms with Crippen molar-refractivity contribution >= 4 is 11.8 Å². The van der Waals surface area contributed by atoms with Crippen LogP contribution in [0.1, 0.15) is 68.1 Å². The molecule has 27 heavy (non-hydrogen) atoms. The Kier molecular flexibility index (Phi) is 5.89. The van der Waals surface area contributed by atoms with Gasteiger partial charge >= 0.3 is 0 Å². The Morgan fingerprint density at radius 2 is 1.70 bits per heavy atom. The molecule has 7 heteroatoms. The fourth-order valence-electron chi connectivity index (χ4n) is 3.65. The smallest absolute Gasteiger partial charge is 0.276 e. The largest absolute Gasteiger partial charge is 0.445 e. The third-order valence-electron chi connectivity index (χ3n) is 5.19. The second-order valence-corrected chi connectivity index (χ2v) is 8.75. The first-order valence-electron chi connectivity index (χ1n) is 9.87. The molecule has 0 bridgehead atoms. The lowest BCUT2D eigenvalue weighted by Crippen LogP contribution is -2.41. The Morgan fingerprint density at radius 3 is 2.30 bits per heavy atom. The molecule has 2 saturated heterocycles. The third-order valence-corrected chi connectivity index (χ3v) is 5.19. The first-order valence-corrected chi connectivity index (χ1v) is 9.87. The molecule has 2 aliphatic rings. The number of ether oxygens (including phenoxy) is 1. The van der Waals surface area contributed by atoms with Gasteiger partial charge in [-0.1, -0.05) is 20.8 Å². The zero-order valence-corrected chi connectivity index (χ0v) is 16.9. The van der Waals surface area contributed by atoms with E-state index in [2.05, 4.69) is 25.8 Å². The van der Waals surface area contributed by atoms with E-state index in [0.29, 0.717) is 63.2 Å². The minimum atomic E-state index is -0.0800. The zero-order valence-electron chi connectivity index (χ0n) is 16.9. The molecule has 0 N–H and O–H groups in total. The van der Waals surface area contributed by atoms with Crippen molar-refractivity contribution in [2.45, 2.75) is 52.9 Å². The lowest BCUT2D eigenvalue weighted by Gasteiger charge is -2.32. The van der Waals surface area contributed by atoms with E-state index in [1.165, 1.54) is 0 Å². The summed E-state index contributed by atoms with van der Waals surface area (Å²) in [5.74, 6) is 1.50. The maximum Gasteiger partial charge on any atom is 0.276 e. The molecule has 0 atom stereocenters. The summed E-state index contributed by atoms with van der Waals surface area (Å²) in [6.45, 7) is 11.8. The predicted molar refractivity (Wildman–Crippen MR) is 101 cm³/mol. The molecule has 150 valence electrons. The van der Waals surface area contributed by atoms with Crippen LogP contribution in [0.3, 0.4) is 0 Å². The molecule has 2 fully saturated rings. The number of amides is 2. The van der Waals surface area contributed by atoms with Crippen molar-refractivity contribution in [3.8, 4) is 0 Å². The summed E-state index contributed by atoms with van der Waals surface area (Å²) in [6.07, 6.45) is 2.20. The summed E-state index contributed by atoms with van der Waals surface area (Å²) in [5.41, 5.74) is 0.417. The van der Waals surface area contributed by atoms with Crippen LogP contribution in [0.5, 0.6) is 0 Å². The number of carbonyl (C=O) groups is 2. The number of aromatic nitrogens is 1. The summed E-state index contributed by atoms with van der Waals surface area (Å²) in [7, 11) is 0. The topological polar surface area (TPSA) is 75.9 Å². The Morgan fingerprint density at radius 1 is 1.07 bits per heavy atom. The van der Waals surface area contributed by atoms with Gasteiger partial charge < -0.3 is 19.0 Å². The van der Waals surface area contributed by atoms with Gasteiger partial charge in [0.2, 0.25) is 5.91 Å². The van der Waals surface area contributed by atoms with Crippen LogP contribution in [-0.2, 0) is 9.53 Å². The van der Waals surface area contributed by atoms with Crippen molar-refractivity contribution in [3.05, 3.63) is 17.3 Å². The number of morpholine rings is 1. The minimum Gasteiger partial charge on any atom is -0.445 e. The van der Waals surface area contributed by atoms with Gasteiger partial charge in [0.1, 0.15) is 5.76 Å². The molecule has 1 aromatic rings. The summed E-state index contributed by atoms with van der Waals surface area (Å²) in [5, 5.41) is 0. The van der Waals surface area contributed by atoms with Crippen LogP contribution in [0.15, 0.2) is 4.42 Å². The van der Waals surface area contributed by atoms with Crippen LogP contribution >= 0.6 is 0 Å². The summed E-state index contributed by atoms with van der Waals surface area (Å²) in [4.78, 5) is 33.3. The second-order valence-electron chi connectivity index (χ2n) is 8.75. The molecular formula is C20H31N3O4. The van der Waals surface area contributed by atoms with E-state index in [1.807, 2.05) is 4.90 Å². The molecule has 0 spiro atoms. The third kappa shape index (κ3) is 4.89. The number of aryl methyl sites for hydroxylation is 1. The second kappa shape index (κ2) is 8.00. The van der Waals surface area contributed by atoms with Crippen molar-refractivity contribution in [1.82, 2.24) is 14.8 Å². The van der Waals surface area contributed by atoms with Gasteiger partial charge in [-0.15, -0.1) is 0 Å². The molecule has 0 radical (unpaired) electrons. The molecule has 2 amide bonds. The van der Waals surface area contributed by atoms with Crippen molar-refractivity contribution < 1.29 is 18.7 Å². The SMILES string of the molecule is Cc1oc(C2CCN(C(=O)CC(C)(C)C)CC2)nc1C(=O)N1CCOCC1. The zero-order chi connectivity index (χ0) is 19.6. The Labute approximate surface area is 161 Å². The molecule has 7 nitrogen and oxygen atoms in total. The maximum absolute atomic E-state index is 12.7. The fraction of sp³-hybridized carbons (Fsp3) is 0.750. The van der Waals surface area contributed by atoms with Crippen molar-refractivity contribution in [1.29, 1.82) is 0 Å². The van der Waals surface area contributed by atoms with Gasteiger partial charge in [-0.05, 0) is 25.2 Å². The Hall–Kier alpha value is -1.89. The van der Waals surface area contributed by atoms with E-state index in [0.717, 1.165) is 12.8 Å². The number of hydrogen-bond donors (Lipinski definition) is 0. The van der Waals surface area contributed by atoms with Crippen molar-refractivity contribution in [3.63, 3.8) is 0 Å². The van der Waals surface area contributed by atoms with E-state index in [4.69, 9.17) is 9.15 Å². The number of likely N-dealkylation sites (tertiary alicyclic amines) is 1. The Bertz CT molecular complexity index is 678. The standard InChI is InChI=1S/C20H31N3O4/c1-14-17(19(25)23-9-11-26-12-10-23)21-18(27-14)15-5-7-22(8-6-15)16(24)13-20(2,3)4/h15H,5-13H2,1-4H3. The quantitative estimate of drug-likeness (QED) is 0.809. The molecule has 2 aliphatic heterocycles. The Balaban J connectivity index is 1.60. The highest BCUT2D eigenvalue weighted by Gasteiger charge is 2.31. The molecule has 0 unspecified atom stereocenters. The first kappa shape index (κ1) is 19.9. The average molecular weight is 377 g/mol. The highest BCUT2D eigenvalue weighted by molar-refractivity contribution is 5.93. The lowest BCUT2D eigenvalue weighted by atomic mass is 9.90. The van der Waals surface area contributed by atoms with Gasteiger partial charge in [-0.2, -0.15) is 0 Å². The molecule has 0 aliphatic carbocycles. The van der Waals surface area contributed by atoms with Gasteiger partial charge in [0.25, 0.3) is 5.91 Å².